The second kappa shape index (κ2) is 6.21. The van der Waals surface area contributed by atoms with Crippen molar-refractivity contribution in [3.05, 3.63) is 71.0 Å². The minimum Gasteiger partial charge on any atom is -0.207 e. The molecule has 2 unspecified atom stereocenters. The standard InChI is InChI=1S/C17H18ClF/c1-12-8-9-16(19)11-15(12)10-13(2)17(18)14-6-4-3-5-7-14/h3-9,11,13,17H,10H2,1-2H3. The van der Waals surface area contributed by atoms with E-state index in [4.69, 9.17) is 11.6 Å². The third-order valence-electron chi connectivity index (χ3n) is 3.47. The predicted octanol–water partition coefficient (Wildman–Crippen LogP) is 5.29. The molecule has 0 aliphatic rings. The van der Waals surface area contributed by atoms with Crippen LogP contribution >= 0.6 is 11.6 Å². The Balaban J connectivity index is 2.12. The van der Waals surface area contributed by atoms with Crippen LogP contribution in [0.5, 0.6) is 0 Å². The lowest BCUT2D eigenvalue weighted by Crippen LogP contribution is -2.08. The van der Waals surface area contributed by atoms with Crippen LogP contribution in [0.15, 0.2) is 48.5 Å². The van der Waals surface area contributed by atoms with Gasteiger partial charge in [-0.1, -0.05) is 43.3 Å². The molecule has 2 rings (SSSR count). The molecule has 0 aromatic heterocycles. The van der Waals surface area contributed by atoms with Crippen LogP contribution in [0.4, 0.5) is 4.39 Å². The first-order chi connectivity index (χ1) is 9.08. The normalized spacial score (nSPS) is 14.1. The molecule has 0 amide bonds. The lowest BCUT2D eigenvalue weighted by atomic mass is 9.92. The van der Waals surface area contributed by atoms with Gasteiger partial charge in [0, 0.05) is 0 Å². The maximum absolute atomic E-state index is 13.3. The van der Waals surface area contributed by atoms with Crippen LogP contribution in [0.2, 0.25) is 0 Å². The maximum atomic E-state index is 13.3. The van der Waals surface area contributed by atoms with Gasteiger partial charge in [0.2, 0.25) is 0 Å². The number of hydrogen-bond donors (Lipinski definition) is 0. The van der Waals surface area contributed by atoms with Gasteiger partial charge in [-0.2, -0.15) is 0 Å². The van der Waals surface area contributed by atoms with Gasteiger partial charge in [-0.3, -0.25) is 0 Å². The molecule has 0 nitrogen and oxygen atoms in total. The summed E-state index contributed by atoms with van der Waals surface area (Å²) in [5.74, 6) is 0.0724. The summed E-state index contributed by atoms with van der Waals surface area (Å²) in [5, 5.41) is -0.0520. The van der Waals surface area contributed by atoms with E-state index in [2.05, 4.69) is 6.92 Å². The van der Waals surface area contributed by atoms with E-state index >= 15 is 0 Å². The van der Waals surface area contributed by atoms with Crippen LogP contribution in [0.1, 0.15) is 29.0 Å². The van der Waals surface area contributed by atoms with Crippen molar-refractivity contribution in [2.75, 3.05) is 0 Å². The average Bonchev–Trinajstić information content (AvgIpc) is 2.43. The number of rotatable bonds is 4. The molecule has 0 spiro atoms. The van der Waals surface area contributed by atoms with E-state index in [1.54, 1.807) is 6.07 Å². The summed E-state index contributed by atoms with van der Waals surface area (Å²) in [6.45, 7) is 4.11. The molecule has 0 heterocycles. The molecule has 2 aromatic rings. The van der Waals surface area contributed by atoms with Crippen molar-refractivity contribution in [1.29, 1.82) is 0 Å². The molecule has 0 N–H and O–H groups in total. The summed E-state index contributed by atoms with van der Waals surface area (Å²) in [6, 6.07) is 15.0. The molecule has 19 heavy (non-hydrogen) atoms. The molecule has 0 aliphatic heterocycles. The van der Waals surface area contributed by atoms with Crippen LogP contribution in [0.3, 0.4) is 0 Å². The Labute approximate surface area is 119 Å². The van der Waals surface area contributed by atoms with E-state index in [9.17, 15) is 4.39 Å². The third-order valence-corrected chi connectivity index (χ3v) is 4.15. The van der Waals surface area contributed by atoms with E-state index in [1.165, 1.54) is 6.07 Å². The first kappa shape index (κ1) is 14.1. The van der Waals surface area contributed by atoms with Gasteiger partial charge in [0.1, 0.15) is 5.82 Å². The molecule has 2 aromatic carbocycles. The number of alkyl halides is 1. The highest BCUT2D eigenvalue weighted by Crippen LogP contribution is 2.31. The predicted molar refractivity (Wildman–Crippen MR) is 79.0 cm³/mol. The minimum absolute atomic E-state index is 0.0520. The van der Waals surface area contributed by atoms with Crippen LogP contribution in [0, 0.1) is 18.7 Å². The number of hydrogen-bond acceptors (Lipinski definition) is 0. The van der Waals surface area contributed by atoms with Crippen molar-refractivity contribution in [2.24, 2.45) is 5.92 Å². The molecular weight excluding hydrogens is 259 g/mol. The highest BCUT2D eigenvalue weighted by molar-refractivity contribution is 6.21. The highest BCUT2D eigenvalue weighted by Gasteiger charge is 2.17. The summed E-state index contributed by atoms with van der Waals surface area (Å²) in [6.07, 6.45) is 0.784. The highest BCUT2D eigenvalue weighted by atomic mass is 35.5. The third kappa shape index (κ3) is 3.57. The Morgan fingerprint density at radius 2 is 1.79 bits per heavy atom. The van der Waals surface area contributed by atoms with Crippen LogP contribution in [-0.2, 0) is 6.42 Å². The summed E-state index contributed by atoms with van der Waals surface area (Å²) in [7, 11) is 0. The van der Waals surface area contributed by atoms with Crippen molar-refractivity contribution in [3.63, 3.8) is 0 Å². The Hall–Kier alpha value is -1.34. The summed E-state index contributed by atoms with van der Waals surface area (Å²) in [4.78, 5) is 0. The second-order valence-electron chi connectivity index (χ2n) is 5.06. The molecule has 0 saturated heterocycles. The zero-order valence-corrected chi connectivity index (χ0v) is 12.0. The van der Waals surface area contributed by atoms with Gasteiger partial charge in [0.25, 0.3) is 0 Å². The first-order valence-corrected chi connectivity index (χ1v) is 6.95. The van der Waals surface area contributed by atoms with E-state index in [-0.39, 0.29) is 17.1 Å². The Morgan fingerprint density at radius 1 is 1.11 bits per heavy atom. The topological polar surface area (TPSA) is 0 Å². The largest absolute Gasteiger partial charge is 0.207 e. The molecule has 2 atom stereocenters. The maximum Gasteiger partial charge on any atom is 0.123 e. The van der Waals surface area contributed by atoms with Crippen molar-refractivity contribution < 1.29 is 4.39 Å². The molecule has 2 heteroatoms. The number of benzene rings is 2. The minimum atomic E-state index is -0.182. The average molecular weight is 277 g/mol. The smallest absolute Gasteiger partial charge is 0.123 e. The van der Waals surface area contributed by atoms with Crippen LogP contribution in [-0.4, -0.2) is 0 Å². The number of aryl methyl sites for hydroxylation is 1. The lowest BCUT2D eigenvalue weighted by molar-refractivity contribution is 0.552. The van der Waals surface area contributed by atoms with Gasteiger partial charge >= 0.3 is 0 Å². The molecule has 0 aliphatic carbocycles. The molecule has 0 fully saturated rings. The quantitative estimate of drug-likeness (QED) is 0.665. The van der Waals surface area contributed by atoms with Gasteiger partial charge < -0.3 is 0 Å². The zero-order chi connectivity index (χ0) is 13.8. The van der Waals surface area contributed by atoms with E-state index < -0.39 is 0 Å². The van der Waals surface area contributed by atoms with Gasteiger partial charge in [-0.15, -0.1) is 11.6 Å². The van der Waals surface area contributed by atoms with Crippen molar-refractivity contribution in [2.45, 2.75) is 25.6 Å². The van der Waals surface area contributed by atoms with Gasteiger partial charge in [-0.05, 0) is 48.1 Å². The fourth-order valence-electron chi connectivity index (χ4n) is 2.28. The first-order valence-electron chi connectivity index (χ1n) is 6.52. The molecule has 0 saturated carbocycles. The molecule has 0 radical (unpaired) electrons. The summed E-state index contributed by atoms with van der Waals surface area (Å²) in [5.41, 5.74) is 3.27. The van der Waals surface area contributed by atoms with E-state index in [0.717, 1.165) is 23.1 Å². The lowest BCUT2D eigenvalue weighted by Gasteiger charge is -2.19. The molecule has 100 valence electrons. The molecular formula is C17H18ClF. The van der Waals surface area contributed by atoms with E-state index in [1.807, 2.05) is 43.3 Å². The van der Waals surface area contributed by atoms with Crippen molar-refractivity contribution >= 4 is 11.6 Å². The second-order valence-corrected chi connectivity index (χ2v) is 5.53. The zero-order valence-electron chi connectivity index (χ0n) is 11.2. The SMILES string of the molecule is Cc1ccc(F)cc1CC(C)C(Cl)c1ccccc1. The van der Waals surface area contributed by atoms with Gasteiger partial charge in [0.05, 0.1) is 5.38 Å². The molecule has 0 bridgehead atoms. The van der Waals surface area contributed by atoms with Crippen LogP contribution < -0.4 is 0 Å². The Morgan fingerprint density at radius 3 is 2.47 bits per heavy atom. The van der Waals surface area contributed by atoms with Crippen molar-refractivity contribution in [1.82, 2.24) is 0 Å². The Kier molecular flexibility index (Phi) is 4.60. The van der Waals surface area contributed by atoms with Crippen LogP contribution in [0.25, 0.3) is 0 Å². The summed E-state index contributed by atoms with van der Waals surface area (Å²) < 4.78 is 13.3. The Bertz CT molecular complexity index is 536. The van der Waals surface area contributed by atoms with E-state index in [0.29, 0.717) is 0 Å². The fraction of sp³-hybridized carbons (Fsp3) is 0.294. The van der Waals surface area contributed by atoms with Crippen molar-refractivity contribution in [3.8, 4) is 0 Å². The monoisotopic (exact) mass is 276 g/mol. The summed E-state index contributed by atoms with van der Waals surface area (Å²) >= 11 is 6.50. The van der Waals surface area contributed by atoms with Gasteiger partial charge in [-0.25, -0.2) is 4.39 Å². The van der Waals surface area contributed by atoms with Gasteiger partial charge in [0.15, 0.2) is 0 Å². The number of halogens is 2. The fourth-order valence-corrected chi connectivity index (χ4v) is 2.51.